The molecule has 21 heavy (non-hydrogen) atoms. The molecule has 114 valence electrons. The quantitative estimate of drug-likeness (QED) is 0.893. The summed E-state index contributed by atoms with van der Waals surface area (Å²) in [6, 6.07) is 5.75. The van der Waals surface area contributed by atoms with Crippen LogP contribution in [0.5, 0.6) is 0 Å². The summed E-state index contributed by atoms with van der Waals surface area (Å²) in [5.41, 5.74) is 1.99. The van der Waals surface area contributed by atoms with Crippen molar-refractivity contribution in [3.05, 3.63) is 29.0 Å². The third kappa shape index (κ3) is 3.23. The predicted octanol–water partition coefficient (Wildman–Crippen LogP) is 2.87. The Morgan fingerprint density at radius 3 is 2.95 bits per heavy atom. The van der Waals surface area contributed by atoms with Crippen LogP contribution in [0.3, 0.4) is 0 Å². The van der Waals surface area contributed by atoms with Gasteiger partial charge < -0.3 is 15.0 Å². The molecule has 1 aliphatic rings. The van der Waals surface area contributed by atoms with Crippen LogP contribution in [-0.4, -0.2) is 27.3 Å². The summed E-state index contributed by atoms with van der Waals surface area (Å²) < 4.78 is 2.07. The zero-order valence-corrected chi connectivity index (χ0v) is 13.1. The third-order valence-electron chi connectivity index (χ3n) is 4.52. The van der Waals surface area contributed by atoms with Gasteiger partial charge in [0.05, 0.1) is 23.7 Å². The van der Waals surface area contributed by atoms with E-state index in [0.717, 1.165) is 29.7 Å². The number of aryl methyl sites for hydroxylation is 1. The summed E-state index contributed by atoms with van der Waals surface area (Å²) in [6.45, 7) is 1.29. The highest BCUT2D eigenvalue weighted by Crippen LogP contribution is 2.27. The minimum atomic E-state index is -0.239. The lowest BCUT2D eigenvalue weighted by Gasteiger charge is -2.17. The van der Waals surface area contributed by atoms with Crippen molar-refractivity contribution in [2.75, 3.05) is 6.54 Å². The first-order chi connectivity index (χ1) is 10.1. The predicted molar refractivity (Wildman–Crippen MR) is 85.4 cm³/mol. The van der Waals surface area contributed by atoms with Gasteiger partial charge in [-0.1, -0.05) is 24.4 Å². The number of hydrogen-bond donors (Lipinski definition) is 2. The Kier molecular flexibility index (Phi) is 4.48. The van der Waals surface area contributed by atoms with Crippen LogP contribution in [0.4, 0.5) is 0 Å². The molecule has 0 radical (unpaired) electrons. The highest BCUT2D eigenvalue weighted by atomic mass is 35.5. The maximum absolute atomic E-state index is 10.2. The number of rotatable bonds is 5. The Balaban J connectivity index is 1.61. The number of aliphatic hydroxyl groups is 1. The second kappa shape index (κ2) is 6.34. The summed E-state index contributed by atoms with van der Waals surface area (Å²) >= 11 is 6.00. The van der Waals surface area contributed by atoms with E-state index in [1.165, 1.54) is 12.8 Å². The van der Waals surface area contributed by atoms with E-state index < -0.39 is 0 Å². The molecule has 0 saturated heterocycles. The molecule has 0 spiro atoms. The Labute approximate surface area is 130 Å². The Morgan fingerprint density at radius 2 is 2.19 bits per heavy atom. The standard InChI is InChI=1S/C16H22ClN3O/c1-20-14-7-6-12(17)8-13(14)19-16(20)10-18-9-15(21)11-4-2-3-5-11/h6-8,11,15,18,21H,2-5,9-10H2,1H3. The average Bonchev–Trinajstić information content (AvgIpc) is 3.08. The number of nitrogens with zero attached hydrogens (tertiary/aromatic N) is 2. The van der Waals surface area contributed by atoms with Crippen molar-refractivity contribution in [2.45, 2.75) is 38.3 Å². The van der Waals surface area contributed by atoms with Gasteiger partial charge in [-0.05, 0) is 37.0 Å². The minimum absolute atomic E-state index is 0.239. The van der Waals surface area contributed by atoms with Gasteiger partial charge in [-0.15, -0.1) is 0 Å². The molecule has 3 rings (SSSR count). The van der Waals surface area contributed by atoms with E-state index in [1.807, 2.05) is 25.2 Å². The summed E-state index contributed by atoms with van der Waals surface area (Å²) in [6.07, 6.45) is 4.60. The molecule has 1 aliphatic carbocycles. The second-order valence-corrected chi connectivity index (χ2v) is 6.40. The van der Waals surface area contributed by atoms with Gasteiger partial charge in [-0.25, -0.2) is 4.98 Å². The van der Waals surface area contributed by atoms with Crippen molar-refractivity contribution in [1.82, 2.24) is 14.9 Å². The van der Waals surface area contributed by atoms with Crippen LogP contribution < -0.4 is 5.32 Å². The highest BCUT2D eigenvalue weighted by molar-refractivity contribution is 6.31. The molecule has 2 N–H and O–H groups in total. The molecule has 0 amide bonds. The van der Waals surface area contributed by atoms with Crippen LogP contribution in [0.2, 0.25) is 5.02 Å². The smallest absolute Gasteiger partial charge is 0.123 e. The van der Waals surface area contributed by atoms with Crippen LogP contribution in [-0.2, 0) is 13.6 Å². The molecule has 4 nitrogen and oxygen atoms in total. The molecule has 1 unspecified atom stereocenters. The van der Waals surface area contributed by atoms with Gasteiger partial charge >= 0.3 is 0 Å². The summed E-state index contributed by atoms with van der Waals surface area (Å²) in [7, 11) is 2.01. The topological polar surface area (TPSA) is 50.1 Å². The number of hydrogen-bond acceptors (Lipinski definition) is 3. The van der Waals surface area contributed by atoms with Gasteiger partial charge in [-0.2, -0.15) is 0 Å². The SMILES string of the molecule is Cn1c(CNCC(O)C2CCCC2)nc2cc(Cl)ccc21. The van der Waals surface area contributed by atoms with E-state index in [0.29, 0.717) is 24.0 Å². The summed E-state index contributed by atoms with van der Waals surface area (Å²) in [5, 5.41) is 14.2. The van der Waals surface area contributed by atoms with Crippen molar-refractivity contribution in [3.63, 3.8) is 0 Å². The molecule has 1 fully saturated rings. The number of fused-ring (bicyclic) bond motifs is 1. The average molecular weight is 308 g/mol. The van der Waals surface area contributed by atoms with E-state index in [1.54, 1.807) is 0 Å². The lowest BCUT2D eigenvalue weighted by Crippen LogP contribution is -2.32. The van der Waals surface area contributed by atoms with Crippen LogP contribution in [0, 0.1) is 5.92 Å². The monoisotopic (exact) mass is 307 g/mol. The normalized spacial score (nSPS) is 17.7. The molecule has 1 aromatic heterocycles. The lowest BCUT2D eigenvalue weighted by molar-refractivity contribution is 0.109. The van der Waals surface area contributed by atoms with Crippen molar-refractivity contribution >= 4 is 22.6 Å². The van der Waals surface area contributed by atoms with Crippen LogP contribution in [0.25, 0.3) is 11.0 Å². The fraction of sp³-hybridized carbons (Fsp3) is 0.562. The van der Waals surface area contributed by atoms with E-state index in [2.05, 4.69) is 14.9 Å². The maximum atomic E-state index is 10.2. The second-order valence-electron chi connectivity index (χ2n) is 5.96. The fourth-order valence-electron chi connectivity index (χ4n) is 3.22. The fourth-order valence-corrected chi connectivity index (χ4v) is 3.39. The first-order valence-corrected chi connectivity index (χ1v) is 8.02. The molecule has 2 aromatic rings. The van der Waals surface area contributed by atoms with Gasteiger partial charge in [-0.3, -0.25) is 0 Å². The molecule has 0 aliphatic heterocycles. The van der Waals surface area contributed by atoms with Crippen molar-refractivity contribution in [3.8, 4) is 0 Å². The molecule has 0 bridgehead atoms. The Bertz CT molecular complexity index is 619. The van der Waals surface area contributed by atoms with Crippen LogP contribution in [0.15, 0.2) is 18.2 Å². The summed E-state index contributed by atoms with van der Waals surface area (Å²) in [5.74, 6) is 1.43. The van der Waals surface area contributed by atoms with Gasteiger partial charge in [0.1, 0.15) is 5.82 Å². The van der Waals surface area contributed by atoms with Crippen molar-refractivity contribution in [1.29, 1.82) is 0 Å². The molecule has 1 saturated carbocycles. The number of nitrogens with one attached hydrogen (secondary N) is 1. The lowest BCUT2D eigenvalue weighted by atomic mass is 10.0. The minimum Gasteiger partial charge on any atom is -0.392 e. The van der Waals surface area contributed by atoms with Gasteiger partial charge in [0.25, 0.3) is 0 Å². The van der Waals surface area contributed by atoms with Gasteiger partial charge in [0, 0.05) is 18.6 Å². The van der Waals surface area contributed by atoms with E-state index >= 15 is 0 Å². The van der Waals surface area contributed by atoms with Crippen molar-refractivity contribution in [2.24, 2.45) is 13.0 Å². The maximum Gasteiger partial charge on any atom is 0.123 e. The van der Waals surface area contributed by atoms with Gasteiger partial charge in [0.2, 0.25) is 0 Å². The molecular formula is C16H22ClN3O. The first-order valence-electron chi connectivity index (χ1n) is 7.65. The molecule has 1 atom stereocenters. The molecule has 5 heteroatoms. The van der Waals surface area contributed by atoms with Crippen LogP contribution in [0.1, 0.15) is 31.5 Å². The first kappa shape index (κ1) is 14.8. The number of aliphatic hydroxyl groups excluding tert-OH is 1. The van der Waals surface area contributed by atoms with E-state index in [-0.39, 0.29) is 6.10 Å². The van der Waals surface area contributed by atoms with Crippen molar-refractivity contribution < 1.29 is 5.11 Å². The van der Waals surface area contributed by atoms with E-state index in [4.69, 9.17) is 11.6 Å². The Morgan fingerprint density at radius 1 is 1.43 bits per heavy atom. The molecule has 1 heterocycles. The number of imidazole rings is 1. The molecular weight excluding hydrogens is 286 g/mol. The number of aromatic nitrogens is 2. The van der Waals surface area contributed by atoms with Gasteiger partial charge in [0.15, 0.2) is 0 Å². The zero-order chi connectivity index (χ0) is 14.8. The highest BCUT2D eigenvalue weighted by Gasteiger charge is 2.22. The molecule has 1 aromatic carbocycles. The number of benzene rings is 1. The third-order valence-corrected chi connectivity index (χ3v) is 4.75. The number of halogens is 1. The van der Waals surface area contributed by atoms with E-state index in [9.17, 15) is 5.11 Å². The van der Waals surface area contributed by atoms with Crippen LogP contribution >= 0.6 is 11.6 Å². The largest absolute Gasteiger partial charge is 0.392 e. The zero-order valence-electron chi connectivity index (χ0n) is 12.3. The summed E-state index contributed by atoms with van der Waals surface area (Å²) in [4.78, 5) is 4.60. The Hall–Kier alpha value is -1.10.